The van der Waals surface area contributed by atoms with Gasteiger partial charge in [-0.2, -0.15) is 0 Å². The quantitative estimate of drug-likeness (QED) is 0.640. The van der Waals surface area contributed by atoms with E-state index in [4.69, 9.17) is 20.8 Å². The summed E-state index contributed by atoms with van der Waals surface area (Å²) in [6.45, 7) is 14.6. The molecule has 0 saturated carbocycles. The third kappa shape index (κ3) is 7.53. The average Bonchev–Trinajstić information content (AvgIpc) is 2.48. The number of aliphatic hydroxyl groups is 1. The molecule has 0 aliphatic rings. The minimum absolute atomic E-state index is 0.181. The Labute approximate surface area is 152 Å². The van der Waals surface area contributed by atoms with Crippen LogP contribution < -0.4 is 10.1 Å². The van der Waals surface area contributed by atoms with Gasteiger partial charge in [0.25, 0.3) is 0 Å². The van der Waals surface area contributed by atoms with Crippen molar-refractivity contribution in [3.8, 4) is 5.75 Å². The number of benzene rings is 1. The fourth-order valence-corrected chi connectivity index (χ4v) is 3.03. The number of halogens is 1. The summed E-state index contributed by atoms with van der Waals surface area (Å²) in [5.74, 6) is 0.663. The zero-order chi connectivity index (χ0) is 18.4. The second-order valence-corrected chi connectivity index (χ2v) is 13.0. The molecule has 0 aromatic heterocycles. The smallest absolute Gasteiger partial charge is 0.192 e. The van der Waals surface area contributed by atoms with Crippen molar-refractivity contribution in [2.45, 2.75) is 58.0 Å². The second kappa shape index (κ2) is 9.20. The Hall–Kier alpha value is -0.593. The van der Waals surface area contributed by atoms with E-state index < -0.39 is 14.4 Å². The van der Waals surface area contributed by atoms with Crippen molar-refractivity contribution in [1.82, 2.24) is 5.32 Å². The Kier molecular flexibility index (Phi) is 8.22. The molecule has 1 unspecified atom stereocenters. The van der Waals surface area contributed by atoms with Crippen LogP contribution in [0.25, 0.3) is 0 Å². The summed E-state index contributed by atoms with van der Waals surface area (Å²) < 4.78 is 11.7. The van der Waals surface area contributed by atoms with Crippen LogP contribution in [0.4, 0.5) is 0 Å². The maximum atomic E-state index is 10.0. The molecule has 138 valence electrons. The third-order valence-corrected chi connectivity index (χ3v) is 9.18. The largest absolute Gasteiger partial charge is 0.491 e. The van der Waals surface area contributed by atoms with Gasteiger partial charge in [-0.3, -0.25) is 0 Å². The van der Waals surface area contributed by atoms with E-state index in [2.05, 4.69) is 46.1 Å². The van der Waals surface area contributed by atoms with Crippen LogP contribution in [0.15, 0.2) is 24.3 Å². The van der Waals surface area contributed by atoms with Crippen molar-refractivity contribution in [1.29, 1.82) is 0 Å². The maximum absolute atomic E-state index is 10.0. The highest BCUT2D eigenvalue weighted by molar-refractivity contribution is 6.74. The van der Waals surface area contributed by atoms with E-state index in [1.165, 1.54) is 0 Å². The molecule has 0 amide bonds. The van der Waals surface area contributed by atoms with Gasteiger partial charge in [0, 0.05) is 24.2 Å². The molecule has 0 bridgehead atoms. The average molecular weight is 374 g/mol. The molecule has 0 radical (unpaired) electrons. The van der Waals surface area contributed by atoms with Gasteiger partial charge in [-0.25, -0.2) is 0 Å². The van der Waals surface area contributed by atoms with Crippen LogP contribution in [0.1, 0.15) is 27.7 Å². The van der Waals surface area contributed by atoms with E-state index in [1.54, 1.807) is 12.1 Å². The van der Waals surface area contributed by atoms with Crippen LogP contribution in [0.2, 0.25) is 23.2 Å². The Morgan fingerprint density at radius 1 is 1.25 bits per heavy atom. The molecule has 0 aliphatic carbocycles. The molecule has 1 aromatic carbocycles. The van der Waals surface area contributed by atoms with Crippen molar-refractivity contribution >= 4 is 19.9 Å². The molecule has 2 N–H and O–H groups in total. The first-order valence-electron chi connectivity index (χ1n) is 8.45. The second-order valence-electron chi connectivity index (χ2n) is 7.80. The van der Waals surface area contributed by atoms with Crippen molar-refractivity contribution in [3.05, 3.63) is 29.3 Å². The van der Waals surface area contributed by atoms with Gasteiger partial charge in [-0.1, -0.05) is 38.4 Å². The molecule has 2 atom stereocenters. The molecule has 6 heteroatoms. The Morgan fingerprint density at radius 3 is 2.50 bits per heavy atom. The number of ether oxygens (including phenoxy) is 1. The molecule has 0 heterocycles. The Bertz CT molecular complexity index is 505. The van der Waals surface area contributed by atoms with E-state index in [0.717, 1.165) is 0 Å². The van der Waals surface area contributed by atoms with Gasteiger partial charge in [-0.15, -0.1) is 0 Å². The minimum Gasteiger partial charge on any atom is -0.491 e. The van der Waals surface area contributed by atoms with Crippen LogP contribution in [-0.4, -0.2) is 45.3 Å². The predicted molar refractivity (Wildman–Crippen MR) is 104 cm³/mol. The van der Waals surface area contributed by atoms with Gasteiger partial charge >= 0.3 is 0 Å². The highest BCUT2D eigenvalue weighted by atomic mass is 35.5. The summed E-state index contributed by atoms with van der Waals surface area (Å²) in [4.78, 5) is 0. The normalized spacial score (nSPS) is 15.2. The summed E-state index contributed by atoms with van der Waals surface area (Å²) in [6.07, 6.45) is -0.584. The van der Waals surface area contributed by atoms with Gasteiger partial charge in [0.2, 0.25) is 0 Å². The number of aliphatic hydroxyl groups excluding tert-OH is 1. The van der Waals surface area contributed by atoms with Gasteiger partial charge in [0.05, 0.1) is 0 Å². The number of rotatable bonds is 9. The molecular weight excluding hydrogens is 342 g/mol. The highest BCUT2D eigenvalue weighted by Gasteiger charge is 2.37. The lowest BCUT2D eigenvalue weighted by molar-refractivity contribution is 0.101. The topological polar surface area (TPSA) is 50.7 Å². The van der Waals surface area contributed by atoms with Crippen LogP contribution in [0.5, 0.6) is 5.75 Å². The number of hydrogen-bond donors (Lipinski definition) is 2. The zero-order valence-corrected chi connectivity index (χ0v) is 17.5. The first-order valence-corrected chi connectivity index (χ1v) is 11.7. The zero-order valence-electron chi connectivity index (χ0n) is 15.7. The standard InChI is InChI=1S/C18H32ClNO3Si/c1-14(12-23-24(5,6)18(2,3)4)20-11-16(21)13-22-17-9-7-8-15(19)10-17/h7-10,14,16,20-21H,11-13H2,1-6H3/t14?,16-/m0/s1. The Balaban J connectivity index is 2.27. The third-order valence-electron chi connectivity index (χ3n) is 4.44. The van der Waals surface area contributed by atoms with Gasteiger partial charge in [-0.05, 0) is 43.3 Å². The minimum atomic E-state index is -1.73. The fourth-order valence-electron chi connectivity index (χ4n) is 1.75. The van der Waals surface area contributed by atoms with E-state index in [9.17, 15) is 5.11 Å². The number of hydrogen-bond acceptors (Lipinski definition) is 4. The monoisotopic (exact) mass is 373 g/mol. The van der Waals surface area contributed by atoms with E-state index in [0.29, 0.717) is 23.9 Å². The van der Waals surface area contributed by atoms with Crippen molar-refractivity contribution in [2.24, 2.45) is 0 Å². The van der Waals surface area contributed by atoms with Crippen LogP contribution in [0.3, 0.4) is 0 Å². The van der Waals surface area contributed by atoms with Gasteiger partial charge in [0.1, 0.15) is 18.5 Å². The molecule has 0 spiro atoms. The lowest BCUT2D eigenvalue weighted by Crippen LogP contribution is -2.45. The summed E-state index contributed by atoms with van der Waals surface area (Å²) in [5.41, 5.74) is 0. The predicted octanol–water partition coefficient (Wildman–Crippen LogP) is 4.08. The number of nitrogens with one attached hydrogen (secondary N) is 1. The maximum Gasteiger partial charge on any atom is 0.192 e. The summed E-state index contributed by atoms with van der Waals surface area (Å²) >= 11 is 5.90. The first kappa shape index (κ1) is 21.4. The summed E-state index contributed by atoms with van der Waals surface area (Å²) in [7, 11) is -1.73. The van der Waals surface area contributed by atoms with Gasteiger partial charge < -0.3 is 19.6 Å². The van der Waals surface area contributed by atoms with Crippen LogP contribution in [0, 0.1) is 0 Å². The lowest BCUT2D eigenvalue weighted by atomic mass is 10.2. The van der Waals surface area contributed by atoms with Crippen molar-refractivity contribution in [2.75, 3.05) is 19.8 Å². The fraction of sp³-hybridized carbons (Fsp3) is 0.667. The van der Waals surface area contributed by atoms with E-state index in [-0.39, 0.29) is 17.7 Å². The molecule has 0 saturated heterocycles. The van der Waals surface area contributed by atoms with Crippen molar-refractivity contribution in [3.63, 3.8) is 0 Å². The van der Waals surface area contributed by atoms with Crippen LogP contribution in [-0.2, 0) is 4.43 Å². The first-order chi connectivity index (χ1) is 11.0. The molecule has 1 rings (SSSR count). The molecule has 0 aliphatic heterocycles. The highest BCUT2D eigenvalue weighted by Crippen LogP contribution is 2.36. The molecule has 1 aromatic rings. The Morgan fingerprint density at radius 2 is 1.92 bits per heavy atom. The van der Waals surface area contributed by atoms with E-state index in [1.807, 2.05) is 12.1 Å². The van der Waals surface area contributed by atoms with Crippen LogP contribution >= 0.6 is 11.6 Å². The molecule has 0 fully saturated rings. The lowest BCUT2D eigenvalue weighted by Gasteiger charge is -2.37. The van der Waals surface area contributed by atoms with E-state index >= 15 is 0 Å². The SMILES string of the molecule is CC(CO[Si](C)(C)C(C)(C)C)NC[C@H](O)COc1cccc(Cl)c1. The van der Waals surface area contributed by atoms with Crippen molar-refractivity contribution < 1.29 is 14.3 Å². The molecular formula is C18H32ClNO3Si. The summed E-state index contributed by atoms with van der Waals surface area (Å²) in [5, 5.41) is 14.2. The van der Waals surface area contributed by atoms with Gasteiger partial charge in [0.15, 0.2) is 8.32 Å². The molecule has 24 heavy (non-hydrogen) atoms. The summed E-state index contributed by atoms with van der Waals surface area (Å²) in [6, 6.07) is 7.35. The molecule has 4 nitrogen and oxygen atoms in total.